The van der Waals surface area contributed by atoms with Crippen molar-refractivity contribution in [1.29, 1.82) is 0 Å². The maximum Gasteiger partial charge on any atom is 0.227 e. The summed E-state index contributed by atoms with van der Waals surface area (Å²) in [5, 5.41) is 0. The molecule has 0 saturated carbocycles. The van der Waals surface area contributed by atoms with Crippen molar-refractivity contribution in [2.75, 3.05) is 20.1 Å². The van der Waals surface area contributed by atoms with E-state index in [9.17, 15) is 9.59 Å². The highest BCUT2D eigenvalue weighted by atomic mass is 16.2. The summed E-state index contributed by atoms with van der Waals surface area (Å²) < 4.78 is 0. The van der Waals surface area contributed by atoms with Gasteiger partial charge >= 0.3 is 0 Å². The Morgan fingerprint density at radius 2 is 1.70 bits per heavy atom. The van der Waals surface area contributed by atoms with E-state index in [0.29, 0.717) is 25.9 Å². The van der Waals surface area contributed by atoms with Gasteiger partial charge in [-0.3, -0.25) is 9.59 Å². The average molecular weight is 364 g/mol. The lowest BCUT2D eigenvalue weighted by molar-refractivity contribution is -0.147. The van der Waals surface area contributed by atoms with Gasteiger partial charge in [0.15, 0.2) is 0 Å². The highest BCUT2D eigenvalue weighted by Crippen LogP contribution is 2.37. The molecule has 1 aliphatic heterocycles. The Hall–Kier alpha value is -2.62. The number of hydrogen-bond acceptors (Lipinski definition) is 2. The molecule has 2 amide bonds. The van der Waals surface area contributed by atoms with E-state index in [2.05, 4.69) is 12.1 Å². The van der Waals surface area contributed by atoms with Crippen molar-refractivity contribution in [3.63, 3.8) is 0 Å². The molecular formula is C23H28N2O2. The fraction of sp³-hybridized carbons (Fsp3) is 0.391. The van der Waals surface area contributed by atoms with Gasteiger partial charge in [-0.1, -0.05) is 60.7 Å². The maximum absolute atomic E-state index is 13.3. The first-order valence-corrected chi connectivity index (χ1v) is 9.75. The molecule has 0 bridgehead atoms. The average Bonchev–Trinajstić information content (AvgIpc) is 2.72. The van der Waals surface area contributed by atoms with Gasteiger partial charge in [-0.05, 0) is 30.9 Å². The highest BCUT2D eigenvalue weighted by Gasteiger charge is 2.40. The summed E-state index contributed by atoms with van der Waals surface area (Å²) in [7, 11) is 1.88. The minimum Gasteiger partial charge on any atom is -0.345 e. The molecule has 4 heteroatoms. The number of rotatable bonds is 6. The number of carbonyl (C=O) groups excluding carboxylic acids is 2. The molecule has 2 atom stereocenters. The summed E-state index contributed by atoms with van der Waals surface area (Å²) in [5.74, 6) is 0.0823. The second-order valence-corrected chi connectivity index (χ2v) is 7.18. The van der Waals surface area contributed by atoms with Crippen molar-refractivity contribution in [1.82, 2.24) is 9.80 Å². The SMILES string of the molecule is CCN1C(=O)CC[C@@H](C(=O)N(C)CCc2ccccc2)[C@@H]1c1ccccc1. The van der Waals surface area contributed by atoms with Crippen LogP contribution in [0.2, 0.25) is 0 Å². The molecule has 0 N–H and O–H groups in total. The van der Waals surface area contributed by atoms with Crippen LogP contribution in [0.15, 0.2) is 60.7 Å². The van der Waals surface area contributed by atoms with Gasteiger partial charge in [0.2, 0.25) is 11.8 Å². The first kappa shape index (κ1) is 19.2. The number of carbonyl (C=O) groups is 2. The minimum atomic E-state index is -0.189. The molecule has 27 heavy (non-hydrogen) atoms. The van der Waals surface area contributed by atoms with Crippen molar-refractivity contribution in [2.24, 2.45) is 5.92 Å². The van der Waals surface area contributed by atoms with Crippen LogP contribution in [0.5, 0.6) is 0 Å². The van der Waals surface area contributed by atoms with Crippen LogP contribution in [0.4, 0.5) is 0 Å². The second-order valence-electron chi connectivity index (χ2n) is 7.18. The van der Waals surface area contributed by atoms with Gasteiger partial charge in [-0.25, -0.2) is 0 Å². The number of amides is 2. The second kappa shape index (κ2) is 8.85. The third-order valence-electron chi connectivity index (χ3n) is 5.46. The molecule has 0 spiro atoms. The Balaban J connectivity index is 1.77. The van der Waals surface area contributed by atoms with Crippen molar-refractivity contribution in [2.45, 2.75) is 32.2 Å². The smallest absolute Gasteiger partial charge is 0.227 e. The van der Waals surface area contributed by atoms with Crippen molar-refractivity contribution < 1.29 is 9.59 Å². The number of benzene rings is 2. The molecule has 2 aromatic carbocycles. The van der Waals surface area contributed by atoms with E-state index in [-0.39, 0.29) is 23.8 Å². The summed E-state index contributed by atoms with van der Waals surface area (Å²) in [6.07, 6.45) is 1.89. The van der Waals surface area contributed by atoms with E-state index in [4.69, 9.17) is 0 Å². The van der Waals surface area contributed by atoms with Crippen molar-refractivity contribution in [3.8, 4) is 0 Å². The molecule has 0 aliphatic carbocycles. The lowest BCUT2D eigenvalue weighted by atomic mass is 9.83. The molecular weight excluding hydrogens is 336 g/mol. The third kappa shape index (κ3) is 4.38. The van der Waals surface area contributed by atoms with E-state index in [1.807, 2.05) is 72.3 Å². The van der Waals surface area contributed by atoms with Crippen LogP contribution < -0.4 is 0 Å². The number of likely N-dealkylation sites (N-methyl/N-ethyl adjacent to an activating group) is 1. The molecule has 0 aromatic heterocycles. The Bertz CT molecular complexity index is 760. The largest absolute Gasteiger partial charge is 0.345 e. The van der Waals surface area contributed by atoms with E-state index in [1.165, 1.54) is 5.56 Å². The molecule has 4 nitrogen and oxygen atoms in total. The summed E-state index contributed by atoms with van der Waals surface area (Å²) in [5.41, 5.74) is 2.27. The van der Waals surface area contributed by atoms with Gasteiger partial charge in [0, 0.05) is 26.6 Å². The molecule has 3 rings (SSSR count). The van der Waals surface area contributed by atoms with Crippen LogP contribution in [0, 0.1) is 5.92 Å². The number of likely N-dealkylation sites (tertiary alicyclic amines) is 1. The minimum absolute atomic E-state index is 0.130. The summed E-state index contributed by atoms with van der Waals surface area (Å²) in [6, 6.07) is 20.0. The lowest BCUT2D eigenvalue weighted by Gasteiger charge is -2.41. The Kier molecular flexibility index (Phi) is 6.28. The van der Waals surface area contributed by atoms with Crippen LogP contribution in [0.1, 0.15) is 36.9 Å². The first-order chi connectivity index (χ1) is 13.1. The molecule has 1 aliphatic rings. The van der Waals surface area contributed by atoms with Gasteiger partial charge < -0.3 is 9.80 Å². The van der Waals surface area contributed by atoms with E-state index in [1.54, 1.807) is 0 Å². The fourth-order valence-corrected chi connectivity index (χ4v) is 3.98. The molecule has 1 saturated heterocycles. The maximum atomic E-state index is 13.3. The fourth-order valence-electron chi connectivity index (χ4n) is 3.98. The Labute approximate surface area is 161 Å². The Morgan fingerprint density at radius 3 is 2.33 bits per heavy atom. The zero-order valence-corrected chi connectivity index (χ0v) is 16.2. The van der Waals surface area contributed by atoms with Crippen LogP contribution in [-0.4, -0.2) is 41.8 Å². The van der Waals surface area contributed by atoms with E-state index in [0.717, 1.165) is 12.0 Å². The first-order valence-electron chi connectivity index (χ1n) is 9.75. The molecule has 2 aromatic rings. The van der Waals surface area contributed by atoms with Gasteiger partial charge in [0.1, 0.15) is 0 Å². The van der Waals surface area contributed by atoms with Crippen LogP contribution in [0.25, 0.3) is 0 Å². The van der Waals surface area contributed by atoms with Crippen LogP contribution in [0.3, 0.4) is 0 Å². The molecule has 1 fully saturated rings. The predicted octanol–water partition coefficient (Wildman–Crippen LogP) is 3.69. The van der Waals surface area contributed by atoms with Gasteiger partial charge in [0.25, 0.3) is 0 Å². The van der Waals surface area contributed by atoms with Crippen molar-refractivity contribution >= 4 is 11.8 Å². The number of hydrogen-bond donors (Lipinski definition) is 0. The van der Waals surface area contributed by atoms with E-state index >= 15 is 0 Å². The Morgan fingerprint density at radius 1 is 1.07 bits per heavy atom. The number of piperidine rings is 1. The molecule has 0 unspecified atom stereocenters. The molecule has 142 valence electrons. The van der Waals surface area contributed by atoms with Crippen molar-refractivity contribution in [3.05, 3.63) is 71.8 Å². The van der Waals surface area contributed by atoms with E-state index < -0.39 is 0 Å². The topological polar surface area (TPSA) is 40.6 Å². The summed E-state index contributed by atoms with van der Waals surface area (Å²) >= 11 is 0. The van der Waals surface area contributed by atoms with Gasteiger partial charge in [-0.2, -0.15) is 0 Å². The monoisotopic (exact) mass is 364 g/mol. The lowest BCUT2D eigenvalue weighted by Crippen LogP contribution is -2.48. The number of nitrogens with zero attached hydrogens (tertiary/aromatic N) is 2. The van der Waals surface area contributed by atoms with Crippen LogP contribution in [-0.2, 0) is 16.0 Å². The quantitative estimate of drug-likeness (QED) is 0.784. The van der Waals surface area contributed by atoms with Gasteiger partial charge in [0.05, 0.1) is 12.0 Å². The molecule has 0 radical (unpaired) electrons. The molecule has 1 heterocycles. The highest BCUT2D eigenvalue weighted by molar-refractivity contribution is 5.85. The standard InChI is InChI=1S/C23H28N2O2/c1-3-25-21(26)15-14-20(22(25)19-12-8-5-9-13-19)23(27)24(2)17-16-18-10-6-4-7-11-18/h4-13,20,22H,3,14-17H2,1-2H3/t20-,22+/m1/s1. The summed E-state index contributed by atoms with van der Waals surface area (Å²) in [6.45, 7) is 3.29. The normalized spacial score (nSPS) is 19.8. The van der Waals surface area contributed by atoms with Gasteiger partial charge in [-0.15, -0.1) is 0 Å². The zero-order chi connectivity index (χ0) is 19.2. The van der Waals surface area contributed by atoms with Crippen LogP contribution >= 0.6 is 0 Å². The third-order valence-corrected chi connectivity index (χ3v) is 5.46. The predicted molar refractivity (Wildman–Crippen MR) is 107 cm³/mol. The summed E-state index contributed by atoms with van der Waals surface area (Å²) in [4.78, 5) is 29.4. The zero-order valence-electron chi connectivity index (χ0n) is 16.2.